The fourth-order valence-electron chi connectivity index (χ4n) is 4.84. The highest BCUT2D eigenvalue weighted by molar-refractivity contribution is 6.30. The summed E-state index contributed by atoms with van der Waals surface area (Å²) in [4.78, 5) is 2.50. The Kier molecular flexibility index (Phi) is 4.58. The van der Waals surface area contributed by atoms with Crippen molar-refractivity contribution in [3.8, 4) is 0 Å². The Morgan fingerprint density at radius 3 is 2.58 bits per heavy atom. The molecule has 0 radical (unpaired) electrons. The molecule has 1 heterocycles. The number of nitrogens with zero attached hydrogens (tertiary/aromatic N) is 1. The van der Waals surface area contributed by atoms with Gasteiger partial charge in [-0.25, -0.2) is 4.39 Å². The third kappa shape index (κ3) is 2.96. The SMILES string of the molecule is CC1CN(C)C(C)([C@H]2C[C@H](c3ccc(F)cc3)c3ccc(Cl)cc32)CN1. The van der Waals surface area contributed by atoms with Crippen LogP contribution in [0.1, 0.15) is 48.8 Å². The first-order valence-corrected chi connectivity index (χ1v) is 9.75. The molecule has 4 rings (SSSR count). The number of nitrogens with one attached hydrogen (secondary N) is 1. The molecule has 1 N–H and O–H groups in total. The molecule has 0 spiro atoms. The lowest BCUT2D eigenvalue weighted by Gasteiger charge is -2.49. The van der Waals surface area contributed by atoms with E-state index in [-0.39, 0.29) is 17.3 Å². The van der Waals surface area contributed by atoms with E-state index in [0.29, 0.717) is 12.0 Å². The lowest BCUT2D eigenvalue weighted by Crippen LogP contribution is -2.63. The third-order valence-corrected chi connectivity index (χ3v) is 6.76. The second kappa shape index (κ2) is 6.63. The van der Waals surface area contributed by atoms with Gasteiger partial charge in [0.05, 0.1) is 0 Å². The molecule has 2 aromatic rings. The number of halogens is 2. The van der Waals surface area contributed by atoms with Crippen LogP contribution in [0.25, 0.3) is 0 Å². The van der Waals surface area contributed by atoms with E-state index >= 15 is 0 Å². The standard InChI is InChI=1S/C22H26ClFN2/c1-14-12-26(3)22(2,13-25-14)21-11-19(15-4-7-17(24)8-5-15)18-9-6-16(23)10-20(18)21/h4-10,14,19,21,25H,11-13H2,1-3H3/t14?,19-,21+,22?/m1/s1. The maximum Gasteiger partial charge on any atom is 0.123 e. The summed E-state index contributed by atoms with van der Waals surface area (Å²) in [5, 5.41) is 4.45. The second-order valence-electron chi connectivity index (χ2n) is 8.19. The molecule has 26 heavy (non-hydrogen) atoms. The highest BCUT2D eigenvalue weighted by Crippen LogP contribution is 2.51. The van der Waals surface area contributed by atoms with Crippen molar-refractivity contribution in [2.45, 2.75) is 43.7 Å². The van der Waals surface area contributed by atoms with Gasteiger partial charge in [0.15, 0.2) is 0 Å². The smallest absolute Gasteiger partial charge is 0.123 e. The Morgan fingerprint density at radius 2 is 1.88 bits per heavy atom. The molecular weight excluding hydrogens is 347 g/mol. The van der Waals surface area contributed by atoms with Crippen molar-refractivity contribution in [1.29, 1.82) is 0 Å². The molecule has 138 valence electrons. The monoisotopic (exact) mass is 372 g/mol. The molecule has 0 bridgehead atoms. The Hall–Kier alpha value is -1.42. The van der Waals surface area contributed by atoms with Crippen molar-refractivity contribution in [3.05, 3.63) is 70.0 Å². The zero-order valence-electron chi connectivity index (χ0n) is 15.6. The molecule has 1 saturated heterocycles. The summed E-state index contributed by atoms with van der Waals surface area (Å²) in [7, 11) is 2.23. The van der Waals surface area contributed by atoms with E-state index in [4.69, 9.17) is 11.6 Å². The molecule has 2 aliphatic rings. The minimum absolute atomic E-state index is 0.0285. The van der Waals surface area contributed by atoms with Crippen molar-refractivity contribution in [1.82, 2.24) is 10.2 Å². The van der Waals surface area contributed by atoms with Crippen molar-refractivity contribution >= 4 is 11.6 Å². The molecule has 1 fully saturated rings. The number of rotatable bonds is 2. The number of fused-ring (bicyclic) bond motifs is 1. The fraction of sp³-hybridized carbons (Fsp3) is 0.455. The van der Waals surface area contributed by atoms with Crippen molar-refractivity contribution < 1.29 is 4.39 Å². The van der Waals surface area contributed by atoms with E-state index in [1.807, 2.05) is 18.2 Å². The van der Waals surface area contributed by atoms with Crippen LogP contribution in [-0.4, -0.2) is 36.6 Å². The van der Waals surface area contributed by atoms with Crippen LogP contribution < -0.4 is 5.32 Å². The number of piperazine rings is 1. The Balaban J connectivity index is 1.76. The Morgan fingerprint density at radius 1 is 1.15 bits per heavy atom. The predicted octanol–water partition coefficient (Wildman–Crippen LogP) is 4.78. The molecule has 0 saturated carbocycles. The minimum Gasteiger partial charge on any atom is -0.311 e. The summed E-state index contributed by atoms with van der Waals surface area (Å²) in [5.41, 5.74) is 3.89. The van der Waals surface area contributed by atoms with E-state index in [2.05, 4.69) is 43.2 Å². The van der Waals surface area contributed by atoms with Crippen LogP contribution in [0.4, 0.5) is 4.39 Å². The van der Waals surface area contributed by atoms with Gasteiger partial charge in [-0.3, -0.25) is 4.90 Å². The lowest BCUT2D eigenvalue weighted by atomic mass is 9.78. The van der Waals surface area contributed by atoms with Crippen LogP contribution in [0.2, 0.25) is 5.02 Å². The molecule has 1 aliphatic carbocycles. The van der Waals surface area contributed by atoms with E-state index in [9.17, 15) is 4.39 Å². The van der Waals surface area contributed by atoms with Crippen LogP contribution in [0.5, 0.6) is 0 Å². The molecule has 4 heteroatoms. The summed E-state index contributed by atoms with van der Waals surface area (Å²) in [6.07, 6.45) is 1.03. The van der Waals surface area contributed by atoms with Crippen molar-refractivity contribution in [3.63, 3.8) is 0 Å². The van der Waals surface area contributed by atoms with Gasteiger partial charge in [-0.2, -0.15) is 0 Å². The van der Waals surface area contributed by atoms with Gasteiger partial charge in [0.2, 0.25) is 0 Å². The van der Waals surface area contributed by atoms with Gasteiger partial charge in [0.1, 0.15) is 5.82 Å². The van der Waals surface area contributed by atoms with Crippen LogP contribution in [0.15, 0.2) is 42.5 Å². The highest BCUT2D eigenvalue weighted by atomic mass is 35.5. The topological polar surface area (TPSA) is 15.3 Å². The zero-order valence-corrected chi connectivity index (χ0v) is 16.4. The number of hydrogen-bond acceptors (Lipinski definition) is 2. The second-order valence-corrected chi connectivity index (χ2v) is 8.62. The quantitative estimate of drug-likeness (QED) is 0.816. The number of likely N-dealkylation sites (N-methyl/N-ethyl adjacent to an activating group) is 1. The summed E-state index contributed by atoms with van der Waals surface area (Å²) in [5.74, 6) is 0.491. The Labute approximate surface area is 160 Å². The van der Waals surface area contributed by atoms with Crippen LogP contribution in [0, 0.1) is 5.82 Å². The van der Waals surface area contributed by atoms with Crippen LogP contribution in [0.3, 0.4) is 0 Å². The largest absolute Gasteiger partial charge is 0.311 e. The first-order valence-electron chi connectivity index (χ1n) is 9.38. The maximum absolute atomic E-state index is 13.4. The van der Waals surface area contributed by atoms with E-state index in [1.165, 1.54) is 16.7 Å². The first kappa shape index (κ1) is 18.0. The highest BCUT2D eigenvalue weighted by Gasteiger charge is 2.47. The van der Waals surface area contributed by atoms with Gasteiger partial charge in [-0.05, 0) is 68.3 Å². The predicted molar refractivity (Wildman–Crippen MR) is 106 cm³/mol. The van der Waals surface area contributed by atoms with E-state index in [1.54, 1.807) is 12.1 Å². The summed E-state index contributed by atoms with van der Waals surface area (Å²) in [6.45, 7) is 6.58. The van der Waals surface area contributed by atoms with Gasteiger partial charge < -0.3 is 5.32 Å². The zero-order chi connectivity index (χ0) is 18.5. The van der Waals surface area contributed by atoms with Gasteiger partial charge in [0.25, 0.3) is 0 Å². The third-order valence-electron chi connectivity index (χ3n) is 6.52. The van der Waals surface area contributed by atoms with Crippen LogP contribution >= 0.6 is 11.6 Å². The average molecular weight is 373 g/mol. The van der Waals surface area contributed by atoms with Crippen molar-refractivity contribution in [2.75, 3.05) is 20.1 Å². The average Bonchev–Trinajstić information content (AvgIpc) is 2.98. The summed E-state index contributed by atoms with van der Waals surface area (Å²) >= 11 is 6.37. The summed E-state index contributed by atoms with van der Waals surface area (Å²) < 4.78 is 13.4. The molecule has 4 atom stereocenters. The molecule has 2 nitrogen and oxygen atoms in total. The first-order chi connectivity index (χ1) is 12.4. The molecule has 0 aromatic heterocycles. The Bertz CT molecular complexity index is 806. The number of benzene rings is 2. The lowest BCUT2D eigenvalue weighted by molar-refractivity contribution is 0.0579. The van der Waals surface area contributed by atoms with Gasteiger partial charge in [-0.15, -0.1) is 0 Å². The summed E-state index contributed by atoms with van der Waals surface area (Å²) in [6, 6.07) is 13.8. The minimum atomic E-state index is -0.184. The van der Waals surface area contributed by atoms with E-state index in [0.717, 1.165) is 24.5 Å². The molecular formula is C22H26ClFN2. The molecule has 2 aromatic carbocycles. The maximum atomic E-state index is 13.4. The van der Waals surface area contributed by atoms with E-state index < -0.39 is 0 Å². The normalized spacial score (nSPS) is 31.8. The van der Waals surface area contributed by atoms with Crippen molar-refractivity contribution in [2.24, 2.45) is 0 Å². The van der Waals surface area contributed by atoms with Gasteiger partial charge in [-0.1, -0.05) is 29.8 Å². The van der Waals surface area contributed by atoms with Gasteiger partial charge >= 0.3 is 0 Å². The fourth-order valence-corrected chi connectivity index (χ4v) is 5.02. The molecule has 0 amide bonds. The van der Waals surface area contributed by atoms with Gasteiger partial charge in [0, 0.05) is 41.5 Å². The number of hydrogen-bond donors (Lipinski definition) is 1. The van der Waals surface area contributed by atoms with Crippen LogP contribution in [-0.2, 0) is 0 Å². The molecule has 2 unspecified atom stereocenters. The molecule has 1 aliphatic heterocycles.